The van der Waals surface area contributed by atoms with E-state index in [0.717, 1.165) is 18.7 Å². The predicted molar refractivity (Wildman–Crippen MR) is 57.7 cm³/mol. The minimum atomic E-state index is 0.394. The standard InChI is InChI=1S/C12H17NO/c1-9-5-11(7-12(14)6-9)10-3-2-4-13-8-10/h5-7,10,13-14H,2-4,8H2,1H3. The first kappa shape index (κ1) is 9.53. The number of aryl methyl sites for hydroxylation is 1. The Morgan fingerprint density at radius 1 is 1.36 bits per heavy atom. The summed E-state index contributed by atoms with van der Waals surface area (Å²) in [5, 5.41) is 12.9. The largest absolute Gasteiger partial charge is 0.508 e. The molecule has 1 fully saturated rings. The van der Waals surface area contributed by atoms with Crippen molar-refractivity contribution in [1.29, 1.82) is 0 Å². The molecule has 1 aromatic carbocycles. The summed E-state index contributed by atoms with van der Waals surface area (Å²) in [6, 6.07) is 5.88. The highest BCUT2D eigenvalue weighted by Gasteiger charge is 2.15. The van der Waals surface area contributed by atoms with Gasteiger partial charge in [-0.1, -0.05) is 6.07 Å². The number of aromatic hydroxyl groups is 1. The molecule has 1 heterocycles. The maximum Gasteiger partial charge on any atom is 0.116 e. The fraction of sp³-hybridized carbons (Fsp3) is 0.500. The van der Waals surface area contributed by atoms with E-state index < -0.39 is 0 Å². The summed E-state index contributed by atoms with van der Waals surface area (Å²) in [5.41, 5.74) is 2.42. The van der Waals surface area contributed by atoms with Crippen molar-refractivity contribution in [3.63, 3.8) is 0 Å². The topological polar surface area (TPSA) is 32.3 Å². The van der Waals surface area contributed by atoms with Crippen molar-refractivity contribution in [2.75, 3.05) is 13.1 Å². The predicted octanol–water partition coefficient (Wildman–Crippen LogP) is 2.17. The summed E-state index contributed by atoms with van der Waals surface area (Å²) in [6.45, 7) is 4.21. The number of benzene rings is 1. The number of hydrogen-bond acceptors (Lipinski definition) is 2. The van der Waals surface area contributed by atoms with Crippen LogP contribution in [0.4, 0.5) is 0 Å². The lowest BCUT2D eigenvalue weighted by Crippen LogP contribution is -2.28. The molecule has 2 rings (SSSR count). The fourth-order valence-corrected chi connectivity index (χ4v) is 2.16. The number of hydrogen-bond donors (Lipinski definition) is 2. The second-order valence-electron chi connectivity index (χ2n) is 4.15. The molecule has 0 radical (unpaired) electrons. The molecule has 76 valence electrons. The molecule has 0 aliphatic carbocycles. The molecule has 1 saturated heterocycles. The van der Waals surface area contributed by atoms with Gasteiger partial charge in [-0.15, -0.1) is 0 Å². The summed E-state index contributed by atoms with van der Waals surface area (Å²) < 4.78 is 0. The van der Waals surface area contributed by atoms with Crippen LogP contribution in [-0.2, 0) is 0 Å². The van der Waals surface area contributed by atoms with Gasteiger partial charge in [0.2, 0.25) is 0 Å². The quantitative estimate of drug-likeness (QED) is 0.713. The molecule has 1 aromatic rings. The summed E-state index contributed by atoms with van der Waals surface area (Å²) in [7, 11) is 0. The first-order valence-electron chi connectivity index (χ1n) is 5.27. The lowest BCUT2D eigenvalue weighted by Gasteiger charge is -2.23. The zero-order valence-electron chi connectivity index (χ0n) is 8.59. The summed E-state index contributed by atoms with van der Waals surface area (Å²) >= 11 is 0. The third-order valence-corrected chi connectivity index (χ3v) is 2.85. The van der Waals surface area contributed by atoms with Crippen molar-refractivity contribution in [3.8, 4) is 5.75 Å². The highest BCUT2D eigenvalue weighted by molar-refractivity contribution is 5.35. The highest BCUT2D eigenvalue weighted by Crippen LogP contribution is 2.26. The number of phenols is 1. The second kappa shape index (κ2) is 4.01. The van der Waals surface area contributed by atoms with Gasteiger partial charge in [-0.25, -0.2) is 0 Å². The molecule has 1 unspecified atom stereocenters. The van der Waals surface area contributed by atoms with Gasteiger partial charge in [0.1, 0.15) is 5.75 Å². The number of rotatable bonds is 1. The Labute approximate surface area is 85.0 Å². The number of nitrogens with one attached hydrogen (secondary N) is 1. The van der Waals surface area contributed by atoms with Crippen LogP contribution >= 0.6 is 0 Å². The Hall–Kier alpha value is -1.02. The van der Waals surface area contributed by atoms with Gasteiger partial charge in [0.25, 0.3) is 0 Å². The zero-order chi connectivity index (χ0) is 9.97. The van der Waals surface area contributed by atoms with Crippen molar-refractivity contribution in [3.05, 3.63) is 29.3 Å². The van der Waals surface area contributed by atoms with E-state index in [2.05, 4.69) is 11.4 Å². The molecule has 1 atom stereocenters. The van der Waals surface area contributed by atoms with Crippen LogP contribution in [0, 0.1) is 6.92 Å². The van der Waals surface area contributed by atoms with Gasteiger partial charge in [-0.05, 0) is 55.5 Å². The summed E-state index contributed by atoms with van der Waals surface area (Å²) in [5.74, 6) is 0.972. The third-order valence-electron chi connectivity index (χ3n) is 2.85. The van der Waals surface area contributed by atoms with Gasteiger partial charge in [-0.2, -0.15) is 0 Å². The van der Waals surface area contributed by atoms with E-state index in [9.17, 15) is 5.11 Å². The van der Waals surface area contributed by atoms with E-state index in [1.165, 1.54) is 18.4 Å². The van der Waals surface area contributed by atoms with Crippen molar-refractivity contribution in [2.45, 2.75) is 25.7 Å². The Bertz CT molecular complexity index is 296. The normalized spacial score (nSPS) is 22.2. The van der Waals surface area contributed by atoms with Gasteiger partial charge in [-0.3, -0.25) is 0 Å². The van der Waals surface area contributed by atoms with E-state index in [1.54, 1.807) is 6.07 Å². The molecule has 0 bridgehead atoms. The average Bonchev–Trinajstić information content (AvgIpc) is 2.18. The molecular weight excluding hydrogens is 174 g/mol. The SMILES string of the molecule is Cc1cc(O)cc(C2CCCNC2)c1. The van der Waals surface area contributed by atoms with E-state index in [-0.39, 0.29) is 0 Å². The minimum absolute atomic E-state index is 0.394. The van der Waals surface area contributed by atoms with Crippen LogP contribution in [0.15, 0.2) is 18.2 Å². The molecule has 2 heteroatoms. The summed E-state index contributed by atoms with van der Waals surface area (Å²) in [4.78, 5) is 0. The van der Waals surface area contributed by atoms with Gasteiger partial charge < -0.3 is 10.4 Å². The van der Waals surface area contributed by atoms with Crippen LogP contribution in [0.1, 0.15) is 29.9 Å². The van der Waals surface area contributed by atoms with Crippen LogP contribution in [-0.4, -0.2) is 18.2 Å². The fourth-order valence-electron chi connectivity index (χ4n) is 2.16. The van der Waals surface area contributed by atoms with Crippen molar-refractivity contribution < 1.29 is 5.11 Å². The first-order valence-corrected chi connectivity index (χ1v) is 5.27. The van der Waals surface area contributed by atoms with Crippen LogP contribution in [0.25, 0.3) is 0 Å². The monoisotopic (exact) mass is 191 g/mol. The average molecular weight is 191 g/mol. The smallest absolute Gasteiger partial charge is 0.116 e. The van der Waals surface area contributed by atoms with Crippen molar-refractivity contribution in [1.82, 2.24) is 5.32 Å². The van der Waals surface area contributed by atoms with Crippen molar-refractivity contribution >= 4 is 0 Å². The van der Waals surface area contributed by atoms with E-state index in [4.69, 9.17) is 0 Å². The van der Waals surface area contributed by atoms with Crippen LogP contribution < -0.4 is 5.32 Å². The van der Waals surface area contributed by atoms with Crippen LogP contribution in [0.3, 0.4) is 0 Å². The maximum absolute atomic E-state index is 9.50. The Balaban J connectivity index is 2.21. The molecule has 0 aromatic heterocycles. The third kappa shape index (κ3) is 2.07. The molecule has 0 amide bonds. The molecule has 2 nitrogen and oxygen atoms in total. The molecule has 2 N–H and O–H groups in total. The van der Waals surface area contributed by atoms with Crippen LogP contribution in [0.2, 0.25) is 0 Å². The van der Waals surface area contributed by atoms with E-state index in [0.29, 0.717) is 11.7 Å². The number of piperidine rings is 1. The van der Waals surface area contributed by atoms with Crippen LogP contribution in [0.5, 0.6) is 5.75 Å². The molecular formula is C12H17NO. The highest BCUT2D eigenvalue weighted by atomic mass is 16.3. The summed E-state index contributed by atoms with van der Waals surface area (Å²) in [6.07, 6.45) is 2.47. The van der Waals surface area contributed by atoms with Gasteiger partial charge in [0.05, 0.1) is 0 Å². The Morgan fingerprint density at radius 3 is 2.86 bits per heavy atom. The van der Waals surface area contributed by atoms with Crippen molar-refractivity contribution in [2.24, 2.45) is 0 Å². The minimum Gasteiger partial charge on any atom is -0.508 e. The van der Waals surface area contributed by atoms with Gasteiger partial charge in [0, 0.05) is 6.54 Å². The van der Waals surface area contributed by atoms with E-state index in [1.807, 2.05) is 13.0 Å². The molecule has 14 heavy (non-hydrogen) atoms. The molecule has 0 saturated carbocycles. The molecule has 1 aliphatic heterocycles. The Morgan fingerprint density at radius 2 is 2.21 bits per heavy atom. The van der Waals surface area contributed by atoms with E-state index >= 15 is 0 Å². The van der Waals surface area contributed by atoms with Gasteiger partial charge >= 0.3 is 0 Å². The molecule has 1 aliphatic rings. The number of phenolic OH excluding ortho intramolecular Hbond substituents is 1. The lowest BCUT2D eigenvalue weighted by molar-refractivity contribution is 0.452. The maximum atomic E-state index is 9.50. The molecule has 0 spiro atoms. The Kier molecular flexibility index (Phi) is 2.73. The lowest BCUT2D eigenvalue weighted by atomic mass is 9.91. The second-order valence-corrected chi connectivity index (χ2v) is 4.15. The zero-order valence-corrected chi connectivity index (χ0v) is 8.59. The van der Waals surface area contributed by atoms with Gasteiger partial charge in [0.15, 0.2) is 0 Å². The first-order chi connectivity index (χ1) is 6.75.